The molecule has 0 heterocycles. The molecule has 2 aromatic rings. The summed E-state index contributed by atoms with van der Waals surface area (Å²) in [5, 5.41) is 22.3. The summed E-state index contributed by atoms with van der Waals surface area (Å²) < 4.78 is 5.38. The van der Waals surface area contributed by atoms with Crippen molar-refractivity contribution < 1.29 is 14.5 Å². The Labute approximate surface area is 132 Å². The lowest BCUT2D eigenvalue weighted by molar-refractivity contribution is -0.386. The average molecular weight is 311 g/mol. The Hall–Kier alpha value is -3.40. The van der Waals surface area contributed by atoms with Crippen LogP contribution in [0.4, 0.5) is 11.4 Å². The van der Waals surface area contributed by atoms with Crippen molar-refractivity contribution in [2.45, 2.75) is 13.0 Å². The average Bonchev–Trinajstić information content (AvgIpc) is 2.55. The minimum atomic E-state index is -0.924. The van der Waals surface area contributed by atoms with Crippen LogP contribution in [-0.4, -0.2) is 16.9 Å². The molecule has 1 amide bonds. The topological polar surface area (TPSA) is 105 Å². The van der Waals surface area contributed by atoms with Gasteiger partial charge in [-0.05, 0) is 37.3 Å². The number of carbonyl (C=O) groups is 1. The number of nitro benzene ring substituents is 1. The molecule has 0 saturated heterocycles. The number of nitro groups is 1. The van der Waals surface area contributed by atoms with E-state index in [0.717, 1.165) is 0 Å². The minimum Gasteiger partial charge on any atom is -0.474 e. The summed E-state index contributed by atoms with van der Waals surface area (Å²) in [6.45, 7) is 1.50. The number of ether oxygens (including phenoxy) is 1. The number of hydrogen-bond acceptors (Lipinski definition) is 5. The largest absolute Gasteiger partial charge is 0.474 e. The van der Waals surface area contributed by atoms with Crippen molar-refractivity contribution >= 4 is 17.3 Å². The highest BCUT2D eigenvalue weighted by Gasteiger charge is 2.20. The second-order valence-electron chi connectivity index (χ2n) is 4.66. The molecule has 0 aliphatic heterocycles. The van der Waals surface area contributed by atoms with Crippen LogP contribution in [0.5, 0.6) is 5.75 Å². The zero-order valence-corrected chi connectivity index (χ0v) is 12.2. The van der Waals surface area contributed by atoms with E-state index in [1.807, 2.05) is 6.07 Å². The molecule has 0 aromatic heterocycles. The number of rotatable bonds is 5. The van der Waals surface area contributed by atoms with Gasteiger partial charge in [0.25, 0.3) is 5.91 Å². The maximum Gasteiger partial charge on any atom is 0.310 e. The molecule has 1 atom stereocenters. The zero-order chi connectivity index (χ0) is 16.8. The molecule has 0 unspecified atom stereocenters. The fraction of sp³-hybridized carbons (Fsp3) is 0.125. The van der Waals surface area contributed by atoms with Crippen molar-refractivity contribution in [1.29, 1.82) is 5.26 Å². The molecule has 0 aliphatic carbocycles. The summed E-state index contributed by atoms with van der Waals surface area (Å²) in [6, 6.07) is 14.2. The summed E-state index contributed by atoms with van der Waals surface area (Å²) in [5.41, 5.74) is 0.782. The maximum atomic E-state index is 12.1. The van der Waals surface area contributed by atoms with Gasteiger partial charge in [-0.1, -0.05) is 12.1 Å². The molecule has 7 nitrogen and oxygen atoms in total. The molecule has 23 heavy (non-hydrogen) atoms. The Morgan fingerprint density at radius 3 is 2.52 bits per heavy atom. The molecule has 0 bridgehead atoms. The second kappa shape index (κ2) is 7.04. The fourth-order valence-electron chi connectivity index (χ4n) is 1.82. The highest BCUT2D eigenvalue weighted by Crippen LogP contribution is 2.27. The molecule has 0 fully saturated rings. The van der Waals surface area contributed by atoms with E-state index in [-0.39, 0.29) is 11.4 Å². The number of amides is 1. The summed E-state index contributed by atoms with van der Waals surface area (Å²) in [6.07, 6.45) is -0.924. The van der Waals surface area contributed by atoms with Gasteiger partial charge in [0.2, 0.25) is 0 Å². The molecule has 0 aliphatic rings. The molecule has 116 valence electrons. The third kappa shape index (κ3) is 4.04. The Balaban J connectivity index is 2.05. The molecule has 0 spiro atoms. The minimum absolute atomic E-state index is 0.0278. The molecule has 0 radical (unpaired) electrons. The zero-order valence-electron chi connectivity index (χ0n) is 12.2. The van der Waals surface area contributed by atoms with E-state index < -0.39 is 16.9 Å². The predicted molar refractivity (Wildman–Crippen MR) is 83.0 cm³/mol. The molecule has 2 rings (SSSR count). The van der Waals surface area contributed by atoms with Crippen molar-refractivity contribution in [2.24, 2.45) is 0 Å². The second-order valence-corrected chi connectivity index (χ2v) is 4.66. The van der Waals surface area contributed by atoms with E-state index in [2.05, 4.69) is 5.32 Å². The number of carbonyl (C=O) groups excluding carboxylic acids is 1. The molecule has 0 saturated carbocycles. The van der Waals surface area contributed by atoms with Gasteiger partial charge in [-0.15, -0.1) is 0 Å². The standard InChI is InChI=1S/C16H13N3O4/c1-11(23-15-5-3-2-4-14(15)19(21)22)16(20)18-13-8-6-12(10-17)7-9-13/h2-9,11H,1H3,(H,18,20)/t11-/m1/s1. The lowest BCUT2D eigenvalue weighted by Gasteiger charge is -2.14. The summed E-state index contributed by atoms with van der Waals surface area (Å²) in [5.74, 6) is -0.423. The van der Waals surface area contributed by atoms with Gasteiger partial charge in [-0.2, -0.15) is 5.26 Å². The molecule has 2 aromatic carbocycles. The van der Waals surface area contributed by atoms with Crippen LogP contribution in [0.2, 0.25) is 0 Å². The van der Waals surface area contributed by atoms with Crippen LogP contribution in [0.15, 0.2) is 48.5 Å². The number of nitriles is 1. The van der Waals surface area contributed by atoms with Gasteiger partial charge in [-0.3, -0.25) is 14.9 Å². The molecular weight excluding hydrogens is 298 g/mol. The van der Waals surface area contributed by atoms with Crippen LogP contribution >= 0.6 is 0 Å². The van der Waals surface area contributed by atoms with Crippen LogP contribution in [-0.2, 0) is 4.79 Å². The van der Waals surface area contributed by atoms with Crippen molar-refractivity contribution in [3.05, 3.63) is 64.2 Å². The van der Waals surface area contributed by atoms with Crippen molar-refractivity contribution in [2.75, 3.05) is 5.32 Å². The van der Waals surface area contributed by atoms with Crippen LogP contribution in [0.1, 0.15) is 12.5 Å². The van der Waals surface area contributed by atoms with Gasteiger partial charge in [0.1, 0.15) is 0 Å². The monoisotopic (exact) mass is 311 g/mol. The predicted octanol–water partition coefficient (Wildman–Crippen LogP) is 2.87. The smallest absolute Gasteiger partial charge is 0.310 e. The fourth-order valence-corrected chi connectivity index (χ4v) is 1.82. The first-order valence-corrected chi connectivity index (χ1v) is 6.72. The van der Waals surface area contributed by atoms with E-state index in [1.54, 1.807) is 30.3 Å². The van der Waals surface area contributed by atoms with Crippen LogP contribution in [0.3, 0.4) is 0 Å². The van der Waals surface area contributed by atoms with Crippen molar-refractivity contribution in [3.8, 4) is 11.8 Å². The number of benzene rings is 2. The first-order valence-electron chi connectivity index (χ1n) is 6.72. The quantitative estimate of drug-likeness (QED) is 0.675. The van der Waals surface area contributed by atoms with E-state index >= 15 is 0 Å². The van der Waals surface area contributed by atoms with E-state index in [0.29, 0.717) is 11.3 Å². The van der Waals surface area contributed by atoms with Crippen LogP contribution in [0, 0.1) is 21.4 Å². The number of para-hydroxylation sites is 2. The first kappa shape index (κ1) is 16.0. The van der Waals surface area contributed by atoms with Crippen LogP contribution < -0.4 is 10.1 Å². The van der Waals surface area contributed by atoms with Crippen LogP contribution in [0.25, 0.3) is 0 Å². The molecule has 7 heteroatoms. The van der Waals surface area contributed by atoms with E-state index in [9.17, 15) is 14.9 Å². The highest BCUT2D eigenvalue weighted by atomic mass is 16.6. The summed E-state index contributed by atoms with van der Waals surface area (Å²) in [4.78, 5) is 22.4. The van der Waals surface area contributed by atoms with Gasteiger partial charge in [0.05, 0.1) is 16.6 Å². The lowest BCUT2D eigenvalue weighted by atomic mass is 10.2. The SMILES string of the molecule is C[C@@H](Oc1ccccc1[N+](=O)[O-])C(=O)Nc1ccc(C#N)cc1. The van der Waals surface area contributed by atoms with Gasteiger partial charge < -0.3 is 10.1 Å². The van der Waals surface area contributed by atoms with Gasteiger partial charge >= 0.3 is 5.69 Å². The summed E-state index contributed by atoms with van der Waals surface area (Å²) in [7, 11) is 0. The number of hydrogen-bond donors (Lipinski definition) is 1. The third-order valence-electron chi connectivity index (χ3n) is 3.02. The van der Waals surface area contributed by atoms with Crippen molar-refractivity contribution in [3.63, 3.8) is 0 Å². The Bertz CT molecular complexity index is 766. The van der Waals surface area contributed by atoms with E-state index in [1.165, 1.54) is 25.1 Å². The van der Waals surface area contributed by atoms with Crippen molar-refractivity contribution in [1.82, 2.24) is 0 Å². The number of nitrogens with zero attached hydrogens (tertiary/aromatic N) is 2. The summed E-state index contributed by atoms with van der Waals surface area (Å²) >= 11 is 0. The van der Waals surface area contributed by atoms with Gasteiger partial charge in [0, 0.05) is 11.8 Å². The molecule has 1 N–H and O–H groups in total. The normalized spacial score (nSPS) is 11.1. The first-order chi connectivity index (χ1) is 11.0. The molecular formula is C16H13N3O4. The Morgan fingerprint density at radius 2 is 1.91 bits per heavy atom. The van der Waals surface area contributed by atoms with Gasteiger partial charge in [0.15, 0.2) is 11.9 Å². The maximum absolute atomic E-state index is 12.1. The number of nitrogens with one attached hydrogen (secondary N) is 1. The lowest BCUT2D eigenvalue weighted by Crippen LogP contribution is -2.30. The van der Waals surface area contributed by atoms with E-state index in [4.69, 9.17) is 10.00 Å². The third-order valence-corrected chi connectivity index (χ3v) is 3.02. The Kier molecular flexibility index (Phi) is 4.89. The van der Waals surface area contributed by atoms with Gasteiger partial charge in [-0.25, -0.2) is 0 Å². The highest BCUT2D eigenvalue weighted by molar-refractivity contribution is 5.94. The Morgan fingerprint density at radius 1 is 1.26 bits per heavy atom. The number of anilines is 1.